The highest BCUT2D eigenvalue weighted by Gasteiger charge is 2.81. The number of piperidine rings is 1. The molecule has 9 heteroatoms. The lowest BCUT2D eigenvalue weighted by Crippen LogP contribution is -2.70. The molecule has 1 aliphatic carbocycles. The van der Waals surface area contributed by atoms with Gasteiger partial charge in [-0.15, -0.1) is 11.6 Å². The lowest BCUT2D eigenvalue weighted by atomic mass is 9.82. The molecule has 2 bridgehead atoms. The van der Waals surface area contributed by atoms with Crippen LogP contribution in [0.25, 0.3) is 0 Å². The molecule has 1 heterocycles. The lowest BCUT2D eigenvalue weighted by molar-refractivity contribution is -0.321. The molecule has 0 aromatic rings. The highest BCUT2D eigenvalue weighted by atomic mass is 35.5. The molecular weight excluding hydrogens is 300 g/mol. The van der Waals surface area contributed by atoms with Crippen molar-refractivity contribution in [3.8, 4) is 0 Å². The molecule has 112 valence electrons. The molecule has 1 saturated heterocycles. The molecule has 2 rings (SSSR count). The zero-order valence-corrected chi connectivity index (χ0v) is 10.5. The quantitative estimate of drug-likeness (QED) is 0.625. The Labute approximate surface area is 110 Å². The fraction of sp³-hybridized carbons (Fsp3) is 1.00. The maximum absolute atomic E-state index is 13.0. The van der Waals surface area contributed by atoms with Gasteiger partial charge in [-0.2, -0.15) is 26.3 Å². The van der Waals surface area contributed by atoms with E-state index in [0.717, 1.165) is 0 Å². The van der Waals surface area contributed by atoms with Crippen LogP contribution in [0.1, 0.15) is 13.3 Å². The number of alkyl halides is 7. The fourth-order valence-electron chi connectivity index (χ4n) is 3.07. The molecule has 0 aromatic heterocycles. The molecule has 0 aromatic carbocycles. The second-order valence-corrected chi connectivity index (χ2v) is 5.26. The van der Waals surface area contributed by atoms with Crippen LogP contribution < -0.4 is 5.32 Å². The van der Waals surface area contributed by atoms with Crippen LogP contribution in [0.4, 0.5) is 26.3 Å². The van der Waals surface area contributed by atoms with Crippen LogP contribution in [0.15, 0.2) is 0 Å². The van der Waals surface area contributed by atoms with Crippen molar-refractivity contribution in [3.63, 3.8) is 0 Å². The van der Waals surface area contributed by atoms with Crippen LogP contribution in [0.3, 0.4) is 0 Å². The Morgan fingerprint density at radius 3 is 2.05 bits per heavy atom. The van der Waals surface area contributed by atoms with Gasteiger partial charge in [0.05, 0.1) is 17.5 Å². The fourth-order valence-corrected chi connectivity index (χ4v) is 3.59. The van der Waals surface area contributed by atoms with Crippen LogP contribution in [-0.2, 0) is 4.74 Å². The molecule has 4 atom stereocenters. The van der Waals surface area contributed by atoms with Crippen LogP contribution in [-0.4, -0.2) is 42.0 Å². The van der Waals surface area contributed by atoms with Gasteiger partial charge in [0.1, 0.15) is 0 Å². The first-order valence-electron chi connectivity index (χ1n) is 5.73. The van der Waals surface area contributed by atoms with Crippen molar-refractivity contribution in [3.05, 3.63) is 0 Å². The van der Waals surface area contributed by atoms with Gasteiger partial charge in [0.2, 0.25) is 5.54 Å². The average Bonchev–Trinajstić information content (AvgIpc) is 2.68. The van der Waals surface area contributed by atoms with Crippen molar-refractivity contribution >= 4 is 11.6 Å². The minimum atomic E-state index is -5.45. The molecule has 2 fully saturated rings. The average molecular weight is 312 g/mol. The molecular formula is C10H12ClF6NO. The summed E-state index contributed by atoms with van der Waals surface area (Å²) in [5.41, 5.74) is -3.93. The van der Waals surface area contributed by atoms with Gasteiger partial charge in [-0.25, -0.2) is 0 Å². The third kappa shape index (κ3) is 1.94. The van der Waals surface area contributed by atoms with Crippen molar-refractivity contribution in [2.75, 3.05) is 6.61 Å². The number of nitrogens with one attached hydrogen (secondary N) is 1. The molecule has 0 spiro atoms. The lowest BCUT2D eigenvalue weighted by Gasteiger charge is -2.42. The molecule has 2 aliphatic rings. The number of hydrogen-bond acceptors (Lipinski definition) is 2. The van der Waals surface area contributed by atoms with Crippen molar-refractivity contribution in [2.45, 2.75) is 48.8 Å². The van der Waals surface area contributed by atoms with Crippen LogP contribution in [0, 0.1) is 5.92 Å². The summed E-state index contributed by atoms with van der Waals surface area (Å²) in [7, 11) is 0. The number of rotatable bonds is 2. The maximum Gasteiger partial charge on any atom is 0.415 e. The van der Waals surface area contributed by atoms with Gasteiger partial charge < -0.3 is 4.74 Å². The minimum Gasteiger partial charge on any atom is -0.377 e. The Hall–Kier alpha value is -0.210. The first kappa shape index (κ1) is 15.2. The second kappa shape index (κ2) is 4.39. The minimum absolute atomic E-state index is 0.213. The van der Waals surface area contributed by atoms with E-state index in [1.54, 1.807) is 12.2 Å². The number of hydrogen-bond donors (Lipinski definition) is 1. The van der Waals surface area contributed by atoms with E-state index in [1.807, 2.05) is 0 Å². The topological polar surface area (TPSA) is 21.3 Å². The van der Waals surface area contributed by atoms with Crippen molar-refractivity contribution in [1.82, 2.24) is 5.32 Å². The van der Waals surface area contributed by atoms with Crippen LogP contribution in [0.5, 0.6) is 0 Å². The summed E-state index contributed by atoms with van der Waals surface area (Å²) >= 11 is 5.76. The van der Waals surface area contributed by atoms with Gasteiger partial charge >= 0.3 is 12.4 Å². The largest absolute Gasteiger partial charge is 0.415 e. The Kier molecular flexibility index (Phi) is 3.51. The summed E-state index contributed by atoms with van der Waals surface area (Å²) in [6, 6.07) is -1.14. The van der Waals surface area contributed by atoms with Crippen LogP contribution in [0.2, 0.25) is 0 Å². The second-order valence-electron chi connectivity index (χ2n) is 4.75. The summed E-state index contributed by atoms with van der Waals surface area (Å²) in [5.74, 6) is -1.77. The van der Waals surface area contributed by atoms with E-state index in [4.69, 9.17) is 16.3 Å². The number of halogens is 7. The third-order valence-electron chi connectivity index (χ3n) is 3.84. The molecule has 19 heavy (non-hydrogen) atoms. The molecule has 1 aliphatic heterocycles. The van der Waals surface area contributed by atoms with E-state index in [9.17, 15) is 26.3 Å². The first-order chi connectivity index (χ1) is 8.56. The SMILES string of the molecule is CCO[C@H]1C[C@H]2[C@@H](Cl)[C@H]1NC2(C(F)(F)F)C(F)(F)F. The maximum atomic E-state index is 13.0. The van der Waals surface area contributed by atoms with Gasteiger partial charge in [-0.3, -0.25) is 5.32 Å². The predicted octanol–water partition coefficient (Wildman–Crippen LogP) is 2.85. The van der Waals surface area contributed by atoms with E-state index in [-0.39, 0.29) is 13.0 Å². The summed E-state index contributed by atoms with van der Waals surface area (Å²) in [5, 5.41) is 0.411. The van der Waals surface area contributed by atoms with E-state index < -0.39 is 41.3 Å². The Balaban J connectivity index is 2.37. The zero-order valence-electron chi connectivity index (χ0n) is 9.78. The van der Waals surface area contributed by atoms with E-state index in [2.05, 4.69) is 0 Å². The molecule has 0 unspecified atom stereocenters. The van der Waals surface area contributed by atoms with Crippen molar-refractivity contribution < 1.29 is 31.1 Å². The summed E-state index contributed by atoms with van der Waals surface area (Å²) in [6.07, 6.45) is -12.0. The summed E-state index contributed by atoms with van der Waals surface area (Å²) in [6.45, 7) is 1.83. The van der Waals surface area contributed by atoms with Gasteiger partial charge in [-0.1, -0.05) is 0 Å². The van der Waals surface area contributed by atoms with Gasteiger partial charge in [0.15, 0.2) is 0 Å². The highest BCUT2D eigenvalue weighted by Crippen LogP contribution is 2.58. The van der Waals surface area contributed by atoms with Gasteiger partial charge in [0, 0.05) is 12.5 Å². The number of fused-ring (bicyclic) bond motifs is 2. The smallest absolute Gasteiger partial charge is 0.377 e. The molecule has 0 radical (unpaired) electrons. The van der Waals surface area contributed by atoms with Gasteiger partial charge in [-0.05, 0) is 13.3 Å². The first-order valence-corrected chi connectivity index (χ1v) is 6.16. The summed E-state index contributed by atoms with van der Waals surface area (Å²) < 4.78 is 83.0. The highest BCUT2D eigenvalue weighted by molar-refractivity contribution is 6.22. The number of ether oxygens (including phenoxy) is 1. The van der Waals surface area contributed by atoms with Crippen molar-refractivity contribution in [1.29, 1.82) is 0 Å². The predicted molar refractivity (Wildman–Crippen MR) is 54.9 cm³/mol. The van der Waals surface area contributed by atoms with Crippen molar-refractivity contribution in [2.24, 2.45) is 5.92 Å². The van der Waals surface area contributed by atoms with Gasteiger partial charge in [0.25, 0.3) is 0 Å². The van der Waals surface area contributed by atoms with E-state index in [1.165, 1.54) is 0 Å². The molecule has 1 saturated carbocycles. The third-order valence-corrected chi connectivity index (χ3v) is 4.42. The molecule has 1 N–H and O–H groups in total. The Morgan fingerprint density at radius 1 is 1.21 bits per heavy atom. The van der Waals surface area contributed by atoms with E-state index >= 15 is 0 Å². The van der Waals surface area contributed by atoms with Crippen LogP contribution >= 0.6 is 11.6 Å². The Morgan fingerprint density at radius 2 is 1.74 bits per heavy atom. The normalized spacial score (nSPS) is 37.9. The molecule has 2 nitrogen and oxygen atoms in total. The molecule has 0 amide bonds. The zero-order chi connectivity index (χ0) is 14.6. The summed E-state index contributed by atoms with van der Waals surface area (Å²) in [4.78, 5) is 0. The monoisotopic (exact) mass is 311 g/mol. The van der Waals surface area contributed by atoms with E-state index in [0.29, 0.717) is 0 Å². The standard InChI is InChI=1S/C10H12ClF6NO/c1-2-19-5-3-4-6(11)7(5)18-8(4,9(12,13)14)10(15,16)17/h4-7,18H,2-3H2,1H3/t4-,5-,6+,7-/m0/s1. The Bertz CT molecular complexity index is 343.